The summed E-state index contributed by atoms with van der Waals surface area (Å²) in [6.45, 7) is 0.223. The Labute approximate surface area is 205 Å². The third-order valence-corrected chi connectivity index (χ3v) is 5.31. The van der Waals surface area contributed by atoms with Gasteiger partial charge in [-0.25, -0.2) is 0 Å². The number of methoxy groups -OCH3 is 1. The highest BCUT2D eigenvalue weighted by Crippen LogP contribution is 2.31. The Balaban J connectivity index is 1.79. The minimum atomic E-state index is -0.775. The molecule has 0 unspecified atom stereocenters. The van der Waals surface area contributed by atoms with Crippen LogP contribution in [0.5, 0.6) is 11.5 Å². The molecule has 3 rings (SSSR count). The summed E-state index contributed by atoms with van der Waals surface area (Å²) in [6.07, 6.45) is 1.35. The first-order valence-electron chi connectivity index (χ1n) is 9.73. The van der Waals surface area contributed by atoms with Crippen LogP contribution < -0.4 is 14.8 Å². The highest BCUT2D eigenvalue weighted by molar-refractivity contribution is 6.34. The number of hydrogen-bond donors (Lipinski definition) is 1. The fraction of sp³-hybridized carbons (Fsp3) is 0.0833. The number of non-ortho nitro benzene ring substituents is 1. The number of halogens is 2. The molecule has 1 amide bonds. The number of nitriles is 1. The summed E-state index contributed by atoms with van der Waals surface area (Å²) in [5.74, 6) is 0.0639. The maximum atomic E-state index is 12.6. The number of carbonyl (C=O) groups is 1. The highest BCUT2D eigenvalue weighted by atomic mass is 35.5. The average Bonchev–Trinajstić information content (AvgIpc) is 2.83. The first-order chi connectivity index (χ1) is 16.3. The number of nitro groups is 1. The van der Waals surface area contributed by atoms with Crippen molar-refractivity contribution in [1.29, 1.82) is 5.26 Å². The summed E-state index contributed by atoms with van der Waals surface area (Å²) in [4.78, 5) is 22.9. The predicted octanol–water partition coefficient (Wildman–Crippen LogP) is 6.03. The molecule has 0 heterocycles. The molecule has 0 aliphatic rings. The molecule has 0 saturated heterocycles. The van der Waals surface area contributed by atoms with Crippen molar-refractivity contribution in [2.45, 2.75) is 6.61 Å². The predicted molar refractivity (Wildman–Crippen MR) is 129 cm³/mol. The third-order valence-electron chi connectivity index (χ3n) is 4.61. The van der Waals surface area contributed by atoms with Crippen LogP contribution in [0.3, 0.4) is 0 Å². The number of ether oxygens (including phenoxy) is 2. The van der Waals surface area contributed by atoms with Gasteiger partial charge in [0.25, 0.3) is 11.6 Å². The summed E-state index contributed by atoms with van der Waals surface area (Å²) in [7, 11) is 1.47. The molecule has 0 aromatic heterocycles. The molecule has 0 spiro atoms. The third kappa shape index (κ3) is 6.04. The second-order valence-corrected chi connectivity index (χ2v) is 7.65. The summed E-state index contributed by atoms with van der Waals surface area (Å²) in [5, 5.41) is 23.5. The fourth-order valence-electron chi connectivity index (χ4n) is 2.89. The van der Waals surface area contributed by atoms with Crippen molar-refractivity contribution >= 4 is 46.6 Å². The van der Waals surface area contributed by atoms with E-state index < -0.39 is 10.8 Å². The van der Waals surface area contributed by atoms with Crippen LogP contribution in [0.2, 0.25) is 10.0 Å². The Morgan fingerprint density at radius 3 is 2.56 bits per heavy atom. The lowest BCUT2D eigenvalue weighted by molar-refractivity contribution is -0.384. The molecule has 0 aliphatic carbocycles. The van der Waals surface area contributed by atoms with Crippen LogP contribution in [0.25, 0.3) is 6.08 Å². The molecule has 172 valence electrons. The number of rotatable bonds is 8. The van der Waals surface area contributed by atoms with Gasteiger partial charge in [0, 0.05) is 22.7 Å². The number of nitrogens with zero attached hydrogens (tertiary/aromatic N) is 2. The first-order valence-corrected chi connectivity index (χ1v) is 10.5. The Hall–Kier alpha value is -4.06. The van der Waals surface area contributed by atoms with Crippen molar-refractivity contribution in [1.82, 2.24) is 0 Å². The lowest BCUT2D eigenvalue weighted by Gasteiger charge is -2.12. The van der Waals surface area contributed by atoms with Crippen molar-refractivity contribution in [3.05, 3.63) is 97.5 Å². The van der Waals surface area contributed by atoms with Gasteiger partial charge in [-0.05, 0) is 35.9 Å². The number of benzene rings is 3. The van der Waals surface area contributed by atoms with Crippen LogP contribution in [0, 0.1) is 21.4 Å². The van der Waals surface area contributed by atoms with Crippen LogP contribution in [0.15, 0.2) is 66.2 Å². The molecule has 8 nitrogen and oxygen atoms in total. The molecule has 0 fully saturated rings. The molecular formula is C24H17Cl2N3O5. The van der Waals surface area contributed by atoms with E-state index in [-0.39, 0.29) is 28.6 Å². The van der Waals surface area contributed by atoms with Crippen molar-refractivity contribution in [3.63, 3.8) is 0 Å². The summed E-state index contributed by atoms with van der Waals surface area (Å²) < 4.78 is 11.2. The Bertz CT molecular complexity index is 1320. The molecule has 10 heteroatoms. The lowest BCUT2D eigenvalue weighted by Crippen LogP contribution is -2.14. The average molecular weight is 498 g/mol. The van der Waals surface area contributed by atoms with E-state index in [0.717, 1.165) is 11.6 Å². The molecule has 3 aromatic carbocycles. The van der Waals surface area contributed by atoms with E-state index in [0.29, 0.717) is 22.1 Å². The second-order valence-electron chi connectivity index (χ2n) is 6.84. The zero-order chi connectivity index (χ0) is 24.7. The Kier molecular flexibility index (Phi) is 8.09. The van der Waals surface area contributed by atoms with Gasteiger partial charge in [-0.1, -0.05) is 47.5 Å². The van der Waals surface area contributed by atoms with Gasteiger partial charge in [0.2, 0.25) is 0 Å². The van der Waals surface area contributed by atoms with E-state index in [9.17, 15) is 20.2 Å². The van der Waals surface area contributed by atoms with Crippen LogP contribution >= 0.6 is 23.2 Å². The maximum Gasteiger partial charge on any atom is 0.271 e. The monoisotopic (exact) mass is 497 g/mol. The first kappa shape index (κ1) is 24.6. The highest BCUT2D eigenvalue weighted by Gasteiger charge is 2.16. The maximum absolute atomic E-state index is 12.6. The van der Waals surface area contributed by atoms with Crippen molar-refractivity contribution in [2.75, 3.05) is 12.4 Å². The van der Waals surface area contributed by atoms with Gasteiger partial charge >= 0.3 is 0 Å². The van der Waals surface area contributed by atoms with Gasteiger partial charge in [-0.3, -0.25) is 14.9 Å². The molecular weight excluding hydrogens is 481 g/mol. The standard InChI is InChI=1S/C24H17Cl2N3O5/c1-33-23-11-15(6-9-22(23)34-14-16-4-2-3-5-19(16)25)10-17(13-27)24(30)28-21-12-18(29(31)32)7-8-20(21)26/h2-12H,14H2,1H3,(H,28,30)/b17-10+. The number of carbonyl (C=O) groups excluding carboxylic acids is 1. The number of amides is 1. The zero-order valence-corrected chi connectivity index (χ0v) is 19.3. The minimum Gasteiger partial charge on any atom is -0.493 e. The molecule has 3 aromatic rings. The molecule has 0 atom stereocenters. The fourth-order valence-corrected chi connectivity index (χ4v) is 3.25. The van der Waals surface area contributed by atoms with Gasteiger partial charge in [-0.15, -0.1) is 0 Å². The quantitative estimate of drug-likeness (QED) is 0.175. The van der Waals surface area contributed by atoms with Gasteiger partial charge in [0.05, 0.1) is 22.7 Å². The molecule has 34 heavy (non-hydrogen) atoms. The zero-order valence-electron chi connectivity index (χ0n) is 17.7. The SMILES string of the molecule is COc1cc(/C=C(\C#N)C(=O)Nc2cc([N+](=O)[O-])ccc2Cl)ccc1OCc1ccccc1Cl. The topological polar surface area (TPSA) is 114 Å². The van der Waals surface area contributed by atoms with Gasteiger partial charge in [-0.2, -0.15) is 5.26 Å². The van der Waals surface area contributed by atoms with Gasteiger partial charge in [0.1, 0.15) is 18.2 Å². The largest absolute Gasteiger partial charge is 0.493 e. The van der Waals surface area contributed by atoms with Crippen LogP contribution in [0.4, 0.5) is 11.4 Å². The van der Waals surface area contributed by atoms with Gasteiger partial charge < -0.3 is 14.8 Å². The summed E-state index contributed by atoms with van der Waals surface area (Å²) in [6, 6.07) is 17.6. The summed E-state index contributed by atoms with van der Waals surface area (Å²) in [5.41, 5.74) is 0.828. The Morgan fingerprint density at radius 1 is 1.12 bits per heavy atom. The molecule has 0 saturated carbocycles. The van der Waals surface area contributed by atoms with Gasteiger partial charge in [0.15, 0.2) is 11.5 Å². The number of hydrogen-bond acceptors (Lipinski definition) is 6. The van der Waals surface area contributed by atoms with Crippen molar-refractivity contribution in [2.24, 2.45) is 0 Å². The van der Waals surface area contributed by atoms with E-state index in [4.69, 9.17) is 32.7 Å². The van der Waals surface area contributed by atoms with Crippen molar-refractivity contribution < 1.29 is 19.2 Å². The number of nitrogens with one attached hydrogen (secondary N) is 1. The molecule has 0 radical (unpaired) electrons. The number of anilines is 1. The van der Waals surface area contributed by atoms with Crippen molar-refractivity contribution in [3.8, 4) is 17.6 Å². The van der Waals surface area contributed by atoms with E-state index >= 15 is 0 Å². The lowest BCUT2D eigenvalue weighted by atomic mass is 10.1. The van der Waals surface area contributed by atoms with Crippen LogP contribution in [-0.4, -0.2) is 17.9 Å². The van der Waals surface area contributed by atoms with E-state index in [1.54, 1.807) is 24.3 Å². The Morgan fingerprint density at radius 2 is 1.88 bits per heavy atom. The van der Waals surface area contributed by atoms with Crippen LogP contribution in [-0.2, 0) is 11.4 Å². The van der Waals surface area contributed by atoms with E-state index in [1.807, 2.05) is 24.3 Å². The molecule has 0 bridgehead atoms. The summed E-state index contributed by atoms with van der Waals surface area (Å²) >= 11 is 12.2. The minimum absolute atomic E-state index is 0.0166. The normalized spacial score (nSPS) is 10.8. The van der Waals surface area contributed by atoms with Crippen LogP contribution in [0.1, 0.15) is 11.1 Å². The molecule has 1 N–H and O–H groups in total. The second kappa shape index (κ2) is 11.2. The smallest absolute Gasteiger partial charge is 0.271 e. The van der Waals surface area contributed by atoms with E-state index in [2.05, 4.69) is 5.32 Å². The number of nitro benzene ring substituents is 1. The van der Waals surface area contributed by atoms with E-state index in [1.165, 1.54) is 25.3 Å². The molecule has 0 aliphatic heterocycles.